The molecule has 0 aromatic heterocycles. The average molecular weight is 534 g/mol. The number of carbonyl (C=O) groups is 2. The first-order valence-corrected chi connectivity index (χ1v) is 14.2. The van der Waals surface area contributed by atoms with Crippen LogP contribution >= 0.6 is 0 Å². The molecule has 2 aliphatic rings. The van der Waals surface area contributed by atoms with E-state index in [4.69, 9.17) is 9.47 Å². The van der Waals surface area contributed by atoms with Crippen molar-refractivity contribution in [3.63, 3.8) is 0 Å². The number of anilines is 1. The first kappa shape index (κ1) is 26.7. The highest BCUT2D eigenvalue weighted by atomic mass is 32.2. The van der Waals surface area contributed by atoms with Crippen LogP contribution in [0, 0.1) is 5.82 Å². The number of nitrogens with zero attached hydrogens (tertiary/aromatic N) is 2. The summed E-state index contributed by atoms with van der Waals surface area (Å²) in [5.74, 6) is -0.682. The molecule has 0 bridgehead atoms. The number of sulfonamides is 1. The summed E-state index contributed by atoms with van der Waals surface area (Å²) in [5.41, 5.74) is 0.437. The van der Waals surface area contributed by atoms with Crippen LogP contribution in [-0.4, -0.2) is 56.8 Å². The van der Waals surface area contributed by atoms with Crippen LogP contribution in [0.1, 0.15) is 44.6 Å². The fraction of sp³-hybridized carbons (Fsp3) is 0.462. The van der Waals surface area contributed by atoms with Gasteiger partial charge in [0.25, 0.3) is 0 Å². The summed E-state index contributed by atoms with van der Waals surface area (Å²) in [6.07, 6.45) is 5.90. The topological polar surface area (TPSA) is 105 Å². The van der Waals surface area contributed by atoms with Crippen molar-refractivity contribution in [3.8, 4) is 11.5 Å². The smallest absolute Gasteiger partial charge is 0.244 e. The predicted molar refractivity (Wildman–Crippen MR) is 136 cm³/mol. The molecule has 1 atom stereocenters. The van der Waals surface area contributed by atoms with Crippen LogP contribution in [0.2, 0.25) is 0 Å². The first-order chi connectivity index (χ1) is 17.6. The summed E-state index contributed by atoms with van der Waals surface area (Å²) in [6.45, 7) is 0.820. The van der Waals surface area contributed by atoms with E-state index in [0.717, 1.165) is 42.7 Å². The Morgan fingerprint density at radius 3 is 2.49 bits per heavy atom. The Kier molecular flexibility index (Phi) is 8.21. The number of amides is 2. The van der Waals surface area contributed by atoms with Crippen LogP contribution in [0.5, 0.6) is 11.5 Å². The maximum atomic E-state index is 14.5. The van der Waals surface area contributed by atoms with Crippen LogP contribution < -0.4 is 19.1 Å². The molecule has 0 saturated heterocycles. The van der Waals surface area contributed by atoms with Crippen LogP contribution in [0.25, 0.3) is 0 Å². The maximum Gasteiger partial charge on any atom is 0.244 e. The second-order valence-electron chi connectivity index (χ2n) is 9.44. The number of fused-ring (bicyclic) bond motifs is 1. The number of halogens is 1. The zero-order chi connectivity index (χ0) is 26.6. The van der Waals surface area contributed by atoms with E-state index in [1.807, 2.05) is 0 Å². The van der Waals surface area contributed by atoms with Crippen molar-refractivity contribution in [3.05, 3.63) is 53.8 Å². The monoisotopic (exact) mass is 533 g/mol. The molecule has 0 radical (unpaired) electrons. The molecular weight excluding hydrogens is 501 g/mol. The van der Waals surface area contributed by atoms with Gasteiger partial charge in [0.15, 0.2) is 11.5 Å². The lowest BCUT2D eigenvalue weighted by Gasteiger charge is -2.33. The Balaban J connectivity index is 1.59. The number of nitrogens with one attached hydrogen (secondary N) is 1. The van der Waals surface area contributed by atoms with Gasteiger partial charge in [0.05, 0.1) is 11.9 Å². The van der Waals surface area contributed by atoms with Gasteiger partial charge < -0.3 is 19.7 Å². The van der Waals surface area contributed by atoms with Crippen LogP contribution in [-0.2, 0) is 26.2 Å². The van der Waals surface area contributed by atoms with Gasteiger partial charge in [0.1, 0.15) is 18.4 Å². The molecule has 1 fully saturated rings. The van der Waals surface area contributed by atoms with Gasteiger partial charge in [-0.05, 0) is 38.0 Å². The molecule has 4 rings (SSSR count). The van der Waals surface area contributed by atoms with Gasteiger partial charge in [-0.1, -0.05) is 37.5 Å². The second kappa shape index (κ2) is 11.4. The molecule has 200 valence electrons. The van der Waals surface area contributed by atoms with Crippen molar-refractivity contribution >= 4 is 27.5 Å². The largest absolute Gasteiger partial charge is 0.454 e. The normalized spacial score (nSPS) is 16.2. The molecule has 37 heavy (non-hydrogen) atoms. The summed E-state index contributed by atoms with van der Waals surface area (Å²) in [5, 5.41) is 3.01. The van der Waals surface area contributed by atoms with Crippen LogP contribution in [0.4, 0.5) is 10.1 Å². The van der Waals surface area contributed by atoms with E-state index in [1.54, 1.807) is 19.1 Å². The number of hydrogen-bond acceptors (Lipinski definition) is 6. The van der Waals surface area contributed by atoms with Crippen molar-refractivity contribution in [2.45, 2.75) is 57.7 Å². The lowest BCUT2D eigenvalue weighted by Crippen LogP contribution is -2.53. The molecule has 1 aliphatic carbocycles. The third-order valence-electron chi connectivity index (χ3n) is 6.74. The zero-order valence-corrected chi connectivity index (χ0v) is 21.8. The van der Waals surface area contributed by atoms with E-state index >= 15 is 0 Å². The molecule has 1 N–H and O–H groups in total. The van der Waals surface area contributed by atoms with Gasteiger partial charge in [-0.2, -0.15) is 0 Å². The lowest BCUT2D eigenvalue weighted by atomic mass is 9.95. The Morgan fingerprint density at radius 1 is 1.08 bits per heavy atom. The fourth-order valence-corrected chi connectivity index (χ4v) is 5.46. The molecule has 1 aliphatic heterocycles. The van der Waals surface area contributed by atoms with E-state index in [-0.39, 0.29) is 36.5 Å². The van der Waals surface area contributed by atoms with Gasteiger partial charge in [-0.25, -0.2) is 12.8 Å². The molecule has 11 heteroatoms. The van der Waals surface area contributed by atoms with E-state index in [1.165, 1.54) is 35.2 Å². The van der Waals surface area contributed by atoms with E-state index in [2.05, 4.69) is 5.32 Å². The van der Waals surface area contributed by atoms with Crippen molar-refractivity contribution < 1.29 is 31.9 Å². The molecule has 1 saturated carbocycles. The number of carbonyl (C=O) groups excluding carboxylic acids is 2. The lowest BCUT2D eigenvalue weighted by molar-refractivity contribution is -0.139. The Labute approximate surface area is 216 Å². The molecule has 1 heterocycles. The summed E-state index contributed by atoms with van der Waals surface area (Å²) >= 11 is 0. The van der Waals surface area contributed by atoms with Crippen LogP contribution in [0.15, 0.2) is 42.5 Å². The van der Waals surface area contributed by atoms with Gasteiger partial charge in [-0.15, -0.1) is 0 Å². The van der Waals surface area contributed by atoms with Crippen molar-refractivity contribution in [2.24, 2.45) is 0 Å². The zero-order valence-electron chi connectivity index (χ0n) is 21.0. The third kappa shape index (κ3) is 6.51. The van der Waals surface area contributed by atoms with Crippen molar-refractivity contribution in [2.75, 3.05) is 23.9 Å². The Bertz CT molecular complexity index is 1250. The number of ether oxygens (including phenoxy) is 2. The fourth-order valence-electron chi connectivity index (χ4n) is 4.62. The number of rotatable bonds is 9. The average Bonchev–Trinajstić information content (AvgIpc) is 3.34. The Hall–Kier alpha value is -3.34. The van der Waals surface area contributed by atoms with Gasteiger partial charge >= 0.3 is 0 Å². The Morgan fingerprint density at radius 2 is 1.78 bits per heavy atom. The number of benzene rings is 2. The summed E-state index contributed by atoms with van der Waals surface area (Å²) in [6, 6.07) is 9.63. The second-order valence-corrected chi connectivity index (χ2v) is 11.3. The molecule has 2 amide bonds. The van der Waals surface area contributed by atoms with Crippen LogP contribution in [0.3, 0.4) is 0 Å². The van der Waals surface area contributed by atoms with Crippen molar-refractivity contribution in [1.82, 2.24) is 10.2 Å². The summed E-state index contributed by atoms with van der Waals surface area (Å²) < 4.78 is 51.5. The summed E-state index contributed by atoms with van der Waals surface area (Å²) in [7, 11) is -3.90. The molecule has 9 nitrogen and oxygen atoms in total. The molecule has 0 unspecified atom stereocenters. The quantitative estimate of drug-likeness (QED) is 0.531. The number of hydrogen-bond donors (Lipinski definition) is 1. The SMILES string of the molecule is C[C@H](C(=O)NC1CCCCC1)N(Cc1ccccc1F)C(=O)CN(c1ccc2c(c1)OCO2)S(C)(=O)=O. The standard InChI is InChI=1S/C26H32FN3O6S/c1-18(26(32)28-20-9-4-3-5-10-20)29(15-19-8-6-7-11-22(19)27)25(31)16-30(37(2,33)34)21-12-13-23-24(14-21)36-17-35-23/h6-8,11-14,18,20H,3-5,9-10,15-17H2,1-2H3,(H,28,32)/t18-/m1/s1. The highest BCUT2D eigenvalue weighted by molar-refractivity contribution is 7.92. The van der Waals surface area contributed by atoms with Gasteiger partial charge in [0, 0.05) is 24.2 Å². The van der Waals surface area contributed by atoms with Gasteiger partial charge in [-0.3, -0.25) is 13.9 Å². The van der Waals surface area contributed by atoms with Gasteiger partial charge in [0.2, 0.25) is 28.6 Å². The highest BCUT2D eigenvalue weighted by Gasteiger charge is 2.32. The summed E-state index contributed by atoms with van der Waals surface area (Å²) in [4.78, 5) is 28.0. The molecule has 0 spiro atoms. The van der Waals surface area contributed by atoms with Crippen molar-refractivity contribution in [1.29, 1.82) is 0 Å². The minimum atomic E-state index is -3.90. The highest BCUT2D eigenvalue weighted by Crippen LogP contribution is 2.36. The molecular formula is C26H32FN3O6S. The maximum absolute atomic E-state index is 14.5. The minimum absolute atomic E-state index is 0.0145. The van der Waals surface area contributed by atoms with E-state index in [0.29, 0.717) is 11.5 Å². The van der Waals surface area contributed by atoms with E-state index < -0.39 is 34.3 Å². The first-order valence-electron chi connectivity index (χ1n) is 12.3. The minimum Gasteiger partial charge on any atom is -0.454 e. The molecule has 2 aromatic carbocycles. The predicted octanol–water partition coefficient (Wildman–Crippen LogP) is 3.19. The van der Waals surface area contributed by atoms with E-state index in [9.17, 15) is 22.4 Å². The third-order valence-corrected chi connectivity index (χ3v) is 7.88. The molecule has 2 aromatic rings.